The molecule has 4 rings (SSSR count). The predicted octanol–water partition coefficient (Wildman–Crippen LogP) is 4.17. The Bertz CT molecular complexity index is 1100. The van der Waals surface area contributed by atoms with Crippen LogP contribution in [0, 0.1) is 11.7 Å². The fraction of sp³-hybridized carbons (Fsp3) is 0.364. The lowest BCUT2D eigenvalue weighted by atomic mass is 9.90. The van der Waals surface area contributed by atoms with Crippen LogP contribution in [-0.2, 0) is 6.18 Å². The van der Waals surface area contributed by atoms with Crippen molar-refractivity contribution in [3.63, 3.8) is 0 Å². The predicted molar refractivity (Wildman–Crippen MR) is 112 cm³/mol. The summed E-state index contributed by atoms with van der Waals surface area (Å²) in [6, 6.07) is 5.81. The number of carbonyl (C=O) groups is 1. The summed E-state index contributed by atoms with van der Waals surface area (Å²) >= 11 is 0. The molecule has 2 atom stereocenters. The highest BCUT2D eigenvalue weighted by Gasteiger charge is 2.34. The lowest BCUT2D eigenvalue weighted by Gasteiger charge is -2.40. The standard InChI is InChI=1S/C22H22F4N6O/c1-14-3-2-10-31(19(14)13-28-20-7-4-15(12-27-20)22(24,25)26)21(33)17-11-16(23)5-6-18(17)32-29-8-9-30-32/h4-9,11-12,14,19H,2-3,10,13H2,1H3,(H,27,28). The average molecular weight is 462 g/mol. The summed E-state index contributed by atoms with van der Waals surface area (Å²) in [7, 11) is 0. The first kappa shape index (κ1) is 22.7. The van der Waals surface area contributed by atoms with Crippen LogP contribution in [0.4, 0.5) is 23.4 Å². The topological polar surface area (TPSA) is 75.9 Å². The zero-order valence-corrected chi connectivity index (χ0v) is 17.8. The molecule has 33 heavy (non-hydrogen) atoms. The van der Waals surface area contributed by atoms with E-state index in [1.54, 1.807) is 4.90 Å². The minimum Gasteiger partial charge on any atom is -0.368 e. The first-order valence-electron chi connectivity index (χ1n) is 10.5. The Morgan fingerprint density at radius 1 is 1.18 bits per heavy atom. The summed E-state index contributed by atoms with van der Waals surface area (Å²) in [5, 5.41) is 11.1. The molecular weight excluding hydrogens is 440 g/mol. The van der Waals surface area contributed by atoms with E-state index in [1.165, 1.54) is 41.5 Å². The summed E-state index contributed by atoms with van der Waals surface area (Å²) in [5.74, 6) is -0.520. The summed E-state index contributed by atoms with van der Waals surface area (Å²) < 4.78 is 52.4. The largest absolute Gasteiger partial charge is 0.417 e. The molecule has 1 saturated heterocycles. The third-order valence-electron chi connectivity index (χ3n) is 5.78. The molecular formula is C22H22F4N6O. The van der Waals surface area contributed by atoms with Crippen LogP contribution in [0.2, 0.25) is 0 Å². The van der Waals surface area contributed by atoms with E-state index in [-0.39, 0.29) is 35.8 Å². The lowest BCUT2D eigenvalue weighted by Crippen LogP contribution is -2.51. The molecule has 0 bridgehead atoms. The molecule has 1 aromatic carbocycles. The van der Waals surface area contributed by atoms with Crippen molar-refractivity contribution in [2.75, 3.05) is 18.4 Å². The summed E-state index contributed by atoms with van der Waals surface area (Å²) in [6.45, 7) is 2.77. The zero-order valence-electron chi connectivity index (χ0n) is 17.8. The Labute approximate surface area is 187 Å². The van der Waals surface area contributed by atoms with Crippen LogP contribution < -0.4 is 5.32 Å². The Morgan fingerprint density at radius 3 is 2.61 bits per heavy atom. The number of amides is 1. The van der Waals surface area contributed by atoms with Gasteiger partial charge in [0.15, 0.2) is 0 Å². The van der Waals surface area contributed by atoms with Crippen LogP contribution >= 0.6 is 0 Å². The number of hydrogen-bond acceptors (Lipinski definition) is 5. The van der Waals surface area contributed by atoms with E-state index in [2.05, 4.69) is 20.5 Å². The van der Waals surface area contributed by atoms with Gasteiger partial charge in [0.25, 0.3) is 5.91 Å². The van der Waals surface area contributed by atoms with Crippen LogP contribution in [0.5, 0.6) is 0 Å². The van der Waals surface area contributed by atoms with Gasteiger partial charge >= 0.3 is 6.18 Å². The number of rotatable bonds is 5. The van der Waals surface area contributed by atoms with Gasteiger partial charge in [-0.2, -0.15) is 28.2 Å². The number of nitrogens with zero attached hydrogens (tertiary/aromatic N) is 5. The second kappa shape index (κ2) is 9.16. The van der Waals surface area contributed by atoms with E-state index in [4.69, 9.17) is 0 Å². The molecule has 1 aliphatic rings. The maximum atomic E-state index is 14.1. The molecule has 1 fully saturated rings. The maximum Gasteiger partial charge on any atom is 0.417 e. The van der Waals surface area contributed by atoms with Crippen molar-refractivity contribution in [2.45, 2.75) is 32.0 Å². The minimum absolute atomic E-state index is 0.115. The molecule has 2 unspecified atom stereocenters. The number of halogens is 4. The average Bonchev–Trinajstić information content (AvgIpc) is 3.32. The van der Waals surface area contributed by atoms with Gasteiger partial charge in [0, 0.05) is 19.3 Å². The van der Waals surface area contributed by atoms with Gasteiger partial charge in [-0.05, 0) is 49.1 Å². The maximum absolute atomic E-state index is 14.1. The normalized spacial score (nSPS) is 18.9. The number of carbonyl (C=O) groups excluding carboxylic acids is 1. The molecule has 1 N–H and O–H groups in total. The minimum atomic E-state index is -4.46. The quantitative estimate of drug-likeness (QED) is 0.576. The Hall–Kier alpha value is -3.50. The molecule has 2 aromatic heterocycles. The number of benzene rings is 1. The Morgan fingerprint density at radius 2 is 1.94 bits per heavy atom. The van der Waals surface area contributed by atoms with Gasteiger partial charge in [-0.15, -0.1) is 0 Å². The number of aromatic nitrogens is 4. The van der Waals surface area contributed by atoms with Gasteiger partial charge in [0.05, 0.1) is 35.2 Å². The summed E-state index contributed by atoms with van der Waals surface area (Å²) in [4.78, 5) is 20.3. The van der Waals surface area contributed by atoms with Crippen molar-refractivity contribution >= 4 is 11.7 Å². The highest BCUT2D eigenvalue weighted by atomic mass is 19.4. The van der Waals surface area contributed by atoms with Crippen LogP contribution in [0.25, 0.3) is 5.69 Å². The SMILES string of the molecule is CC1CCCN(C(=O)c2cc(F)ccc2-n2nccn2)C1CNc1ccc(C(F)(F)F)cn1. The van der Waals surface area contributed by atoms with E-state index < -0.39 is 17.6 Å². The molecule has 174 valence electrons. The van der Waals surface area contributed by atoms with Crippen molar-refractivity contribution in [3.8, 4) is 5.69 Å². The van der Waals surface area contributed by atoms with E-state index >= 15 is 0 Å². The van der Waals surface area contributed by atoms with Crippen molar-refractivity contribution in [3.05, 3.63) is 65.9 Å². The number of pyridine rings is 1. The first-order chi connectivity index (χ1) is 15.7. The van der Waals surface area contributed by atoms with Gasteiger partial charge in [0.2, 0.25) is 0 Å². The van der Waals surface area contributed by atoms with Gasteiger partial charge in [-0.3, -0.25) is 4.79 Å². The first-order valence-corrected chi connectivity index (χ1v) is 10.5. The fourth-order valence-corrected chi connectivity index (χ4v) is 4.04. The number of piperidine rings is 1. The Balaban J connectivity index is 1.55. The Kier molecular flexibility index (Phi) is 6.30. The van der Waals surface area contributed by atoms with Gasteiger partial charge in [-0.25, -0.2) is 9.37 Å². The molecule has 1 amide bonds. The third-order valence-corrected chi connectivity index (χ3v) is 5.78. The molecule has 7 nitrogen and oxygen atoms in total. The number of anilines is 1. The van der Waals surface area contributed by atoms with Gasteiger partial charge < -0.3 is 10.2 Å². The van der Waals surface area contributed by atoms with Gasteiger partial charge in [0.1, 0.15) is 11.6 Å². The smallest absolute Gasteiger partial charge is 0.368 e. The fourth-order valence-electron chi connectivity index (χ4n) is 4.04. The number of likely N-dealkylation sites (tertiary alicyclic amines) is 1. The third kappa shape index (κ3) is 4.96. The summed E-state index contributed by atoms with van der Waals surface area (Å²) in [5.41, 5.74) is -0.333. The van der Waals surface area contributed by atoms with E-state index in [9.17, 15) is 22.4 Å². The molecule has 3 aromatic rings. The molecule has 0 saturated carbocycles. The summed E-state index contributed by atoms with van der Waals surface area (Å²) in [6.07, 6.45) is 0.902. The molecule has 0 radical (unpaired) electrons. The highest BCUT2D eigenvalue weighted by molar-refractivity contribution is 5.98. The lowest BCUT2D eigenvalue weighted by molar-refractivity contribution is -0.137. The van der Waals surface area contributed by atoms with Crippen LogP contribution in [-0.4, -0.2) is 49.9 Å². The van der Waals surface area contributed by atoms with E-state index in [0.717, 1.165) is 25.1 Å². The van der Waals surface area contributed by atoms with Crippen LogP contribution in [0.15, 0.2) is 48.9 Å². The molecule has 0 spiro atoms. The van der Waals surface area contributed by atoms with E-state index in [0.29, 0.717) is 12.2 Å². The van der Waals surface area contributed by atoms with Crippen molar-refractivity contribution in [1.82, 2.24) is 24.9 Å². The monoisotopic (exact) mass is 462 g/mol. The molecule has 11 heteroatoms. The number of hydrogen-bond donors (Lipinski definition) is 1. The van der Waals surface area contributed by atoms with Crippen molar-refractivity contribution < 1.29 is 22.4 Å². The van der Waals surface area contributed by atoms with Crippen LogP contribution in [0.3, 0.4) is 0 Å². The molecule has 3 heterocycles. The number of alkyl halides is 3. The molecule has 1 aliphatic heterocycles. The zero-order chi connectivity index (χ0) is 23.6. The number of nitrogens with one attached hydrogen (secondary N) is 1. The van der Waals surface area contributed by atoms with Gasteiger partial charge in [-0.1, -0.05) is 6.92 Å². The van der Waals surface area contributed by atoms with Crippen LogP contribution in [0.1, 0.15) is 35.7 Å². The van der Waals surface area contributed by atoms with Crippen molar-refractivity contribution in [1.29, 1.82) is 0 Å². The second-order valence-electron chi connectivity index (χ2n) is 7.98. The molecule has 0 aliphatic carbocycles. The second-order valence-corrected chi connectivity index (χ2v) is 7.98. The van der Waals surface area contributed by atoms with E-state index in [1.807, 2.05) is 6.92 Å². The van der Waals surface area contributed by atoms with Crippen molar-refractivity contribution in [2.24, 2.45) is 5.92 Å². The highest BCUT2D eigenvalue weighted by Crippen LogP contribution is 2.30.